The highest BCUT2D eigenvalue weighted by atomic mass is 19.2. The molecule has 0 aliphatic carbocycles. The van der Waals surface area contributed by atoms with Gasteiger partial charge in [-0.1, -0.05) is 12.1 Å². The molecule has 2 rings (SSSR count). The topological polar surface area (TPSA) is 42.2 Å². The molecule has 3 nitrogen and oxygen atoms in total. The Morgan fingerprint density at radius 2 is 1.82 bits per heavy atom. The highest BCUT2D eigenvalue weighted by Gasteiger charge is 2.10. The van der Waals surface area contributed by atoms with Crippen LogP contribution in [0.25, 0.3) is 11.6 Å². The lowest BCUT2D eigenvalue weighted by Crippen LogP contribution is -1.93. The molecular formula is C17H13F2NO2. The molecule has 0 fully saturated rings. The van der Waals surface area contributed by atoms with Crippen LogP contribution in [0.5, 0.6) is 11.5 Å². The monoisotopic (exact) mass is 301 g/mol. The molecule has 0 bridgehead atoms. The van der Waals surface area contributed by atoms with Crippen molar-refractivity contribution in [2.75, 3.05) is 14.2 Å². The fraction of sp³-hybridized carbons (Fsp3) is 0.118. The van der Waals surface area contributed by atoms with E-state index in [1.807, 2.05) is 6.07 Å². The molecule has 0 heterocycles. The van der Waals surface area contributed by atoms with Crippen molar-refractivity contribution in [1.29, 1.82) is 5.26 Å². The molecule has 0 aromatic heterocycles. The van der Waals surface area contributed by atoms with Crippen LogP contribution in [-0.4, -0.2) is 14.2 Å². The van der Waals surface area contributed by atoms with Crippen molar-refractivity contribution < 1.29 is 18.3 Å². The molecular weight excluding hydrogens is 288 g/mol. The molecule has 0 unspecified atom stereocenters. The number of hydrogen-bond donors (Lipinski definition) is 0. The van der Waals surface area contributed by atoms with Crippen molar-refractivity contribution in [3.05, 3.63) is 59.2 Å². The average Bonchev–Trinajstić information content (AvgIpc) is 2.55. The van der Waals surface area contributed by atoms with Crippen molar-refractivity contribution in [3.63, 3.8) is 0 Å². The Labute approximate surface area is 127 Å². The maximum Gasteiger partial charge on any atom is 0.166 e. The zero-order chi connectivity index (χ0) is 16.1. The van der Waals surface area contributed by atoms with Crippen LogP contribution in [-0.2, 0) is 0 Å². The lowest BCUT2D eigenvalue weighted by Gasteiger charge is -2.09. The molecule has 0 saturated heterocycles. The summed E-state index contributed by atoms with van der Waals surface area (Å²) in [5, 5.41) is 9.28. The normalized spacial score (nSPS) is 11.0. The number of allylic oxidation sites excluding steroid dienone is 1. The van der Waals surface area contributed by atoms with Gasteiger partial charge >= 0.3 is 0 Å². The molecule has 0 aliphatic heterocycles. The van der Waals surface area contributed by atoms with Gasteiger partial charge in [0.1, 0.15) is 0 Å². The summed E-state index contributed by atoms with van der Waals surface area (Å²) in [6, 6.07) is 10.7. The van der Waals surface area contributed by atoms with Crippen LogP contribution < -0.4 is 9.47 Å². The number of ether oxygens (including phenoxy) is 2. The van der Waals surface area contributed by atoms with Gasteiger partial charge in [0.25, 0.3) is 0 Å². The number of hydrogen-bond acceptors (Lipinski definition) is 3. The molecule has 0 radical (unpaired) electrons. The van der Waals surface area contributed by atoms with Crippen molar-refractivity contribution in [3.8, 4) is 17.6 Å². The van der Waals surface area contributed by atoms with Crippen molar-refractivity contribution >= 4 is 11.6 Å². The van der Waals surface area contributed by atoms with E-state index in [2.05, 4.69) is 0 Å². The fourth-order valence-electron chi connectivity index (χ4n) is 1.97. The number of methoxy groups -OCH3 is 2. The third-order valence-electron chi connectivity index (χ3n) is 3.10. The van der Waals surface area contributed by atoms with Crippen LogP contribution in [0.15, 0.2) is 36.4 Å². The third-order valence-corrected chi connectivity index (χ3v) is 3.10. The largest absolute Gasteiger partial charge is 0.493 e. The van der Waals surface area contributed by atoms with Crippen LogP contribution in [0.4, 0.5) is 8.78 Å². The van der Waals surface area contributed by atoms with Gasteiger partial charge in [-0.15, -0.1) is 0 Å². The van der Waals surface area contributed by atoms with E-state index in [0.717, 1.165) is 6.07 Å². The minimum absolute atomic E-state index is 0.00587. The summed E-state index contributed by atoms with van der Waals surface area (Å²) < 4.78 is 37.2. The summed E-state index contributed by atoms with van der Waals surface area (Å²) in [6.45, 7) is 0. The smallest absolute Gasteiger partial charge is 0.166 e. The summed E-state index contributed by atoms with van der Waals surface area (Å²) in [6.07, 6.45) is 1.29. The highest BCUT2D eigenvalue weighted by Crippen LogP contribution is 2.31. The number of nitriles is 1. The van der Waals surface area contributed by atoms with E-state index in [1.165, 1.54) is 32.4 Å². The lowest BCUT2D eigenvalue weighted by molar-refractivity contribution is 0.355. The minimum atomic E-state index is -0.990. The second kappa shape index (κ2) is 6.72. The van der Waals surface area contributed by atoms with Crippen LogP contribution in [0.2, 0.25) is 0 Å². The molecule has 0 N–H and O–H groups in total. The molecule has 112 valence electrons. The van der Waals surface area contributed by atoms with Crippen LogP contribution in [0.1, 0.15) is 11.1 Å². The average molecular weight is 301 g/mol. The number of rotatable bonds is 4. The standard InChI is InChI=1S/C17H13F2NO2/c1-21-15-7-6-11(9-16(15)22-2)13(10-20)8-12-4-3-5-14(18)17(12)19/h3-9H,1-2H3. The van der Waals surface area contributed by atoms with E-state index < -0.39 is 11.6 Å². The predicted molar refractivity (Wildman–Crippen MR) is 79.4 cm³/mol. The predicted octanol–water partition coefficient (Wildman–Crippen LogP) is 4.05. The number of nitrogens with zero attached hydrogens (tertiary/aromatic N) is 1. The van der Waals surface area contributed by atoms with Gasteiger partial charge in [-0.25, -0.2) is 8.78 Å². The van der Waals surface area contributed by atoms with Crippen molar-refractivity contribution in [2.24, 2.45) is 0 Å². The molecule has 0 spiro atoms. The summed E-state index contributed by atoms with van der Waals surface area (Å²) in [5.74, 6) is -0.990. The summed E-state index contributed by atoms with van der Waals surface area (Å²) in [4.78, 5) is 0. The Balaban J connectivity index is 2.51. The summed E-state index contributed by atoms with van der Waals surface area (Å²) >= 11 is 0. The molecule has 0 atom stereocenters. The van der Waals surface area contributed by atoms with E-state index in [1.54, 1.807) is 18.2 Å². The zero-order valence-electron chi connectivity index (χ0n) is 12.1. The van der Waals surface area contributed by atoms with Crippen LogP contribution in [0, 0.1) is 23.0 Å². The molecule has 2 aromatic carbocycles. The molecule has 2 aromatic rings. The Morgan fingerprint density at radius 1 is 1.09 bits per heavy atom. The van der Waals surface area contributed by atoms with Gasteiger partial charge in [0, 0.05) is 5.56 Å². The van der Waals surface area contributed by atoms with Crippen molar-refractivity contribution in [1.82, 2.24) is 0 Å². The van der Waals surface area contributed by atoms with Gasteiger partial charge in [-0.2, -0.15) is 5.26 Å². The van der Waals surface area contributed by atoms with E-state index in [4.69, 9.17) is 9.47 Å². The van der Waals surface area contributed by atoms with Gasteiger partial charge in [-0.05, 0) is 35.9 Å². The fourth-order valence-corrected chi connectivity index (χ4v) is 1.97. The molecule has 22 heavy (non-hydrogen) atoms. The van der Waals surface area contributed by atoms with Crippen LogP contribution in [0.3, 0.4) is 0 Å². The molecule has 0 saturated carbocycles. The summed E-state index contributed by atoms with van der Waals surface area (Å²) in [5.41, 5.74) is 0.709. The quantitative estimate of drug-likeness (QED) is 0.632. The van der Waals surface area contributed by atoms with E-state index in [9.17, 15) is 14.0 Å². The number of halogens is 2. The first-order chi connectivity index (χ1) is 10.6. The maximum atomic E-state index is 13.7. The summed E-state index contributed by atoms with van der Waals surface area (Å²) in [7, 11) is 2.98. The van der Waals surface area contributed by atoms with E-state index >= 15 is 0 Å². The zero-order valence-corrected chi connectivity index (χ0v) is 12.1. The van der Waals surface area contributed by atoms with Gasteiger partial charge in [0.15, 0.2) is 23.1 Å². The lowest BCUT2D eigenvalue weighted by atomic mass is 10.0. The second-order valence-electron chi connectivity index (χ2n) is 4.38. The third kappa shape index (κ3) is 3.07. The van der Waals surface area contributed by atoms with Gasteiger partial charge in [0.2, 0.25) is 0 Å². The Bertz CT molecular complexity index is 764. The first-order valence-electron chi connectivity index (χ1n) is 6.39. The van der Waals surface area contributed by atoms with Gasteiger partial charge in [0.05, 0.1) is 25.9 Å². The second-order valence-corrected chi connectivity index (χ2v) is 4.38. The Kier molecular flexibility index (Phi) is 4.74. The number of benzene rings is 2. The SMILES string of the molecule is COc1ccc(C(C#N)=Cc2cccc(F)c2F)cc1OC. The first kappa shape index (κ1) is 15.5. The van der Waals surface area contributed by atoms with Crippen molar-refractivity contribution in [2.45, 2.75) is 0 Å². The highest BCUT2D eigenvalue weighted by molar-refractivity contribution is 5.90. The van der Waals surface area contributed by atoms with E-state index in [-0.39, 0.29) is 11.1 Å². The Hall–Kier alpha value is -2.87. The van der Waals surface area contributed by atoms with Gasteiger partial charge < -0.3 is 9.47 Å². The maximum absolute atomic E-state index is 13.7. The minimum Gasteiger partial charge on any atom is -0.493 e. The first-order valence-corrected chi connectivity index (χ1v) is 6.39. The van der Waals surface area contributed by atoms with Crippen LogP contribution >= 0.6 is 0 Å². The molecule has 5 heteroatoms. The van der Waals surface area contributed by atoms with Gasteiger partial charge in [-0.3, -0.25) is 0 Å². The molecule has 0 amide bonds. The van der Waals surface area contributed by atoms with E-state index in [0.29, 0.717) is 17.1 Å². The Morgan fingerprint density at radius 3 is 2.45 bits per heavy atom. The molecule has 0 aliphatic rings.